The van der Waals surface area contributed by atoms with Crippen LogP contribution in [0.3, 0.4) is 0 Å². The summed E-state index contributed by atoms with van der Waals surface area (Å²) >= 11 is 0. The lowest BCUT2D eigenvalue weighted by atomic mass is 9.96. The lowest BCUT2D eigenvalue weighted by Gasteiger charge is -2.21. The number of halogens is 1. The van der Waals surface area contributed by atoms with E-state index in [4.69, 9.17) is 14.2 Å². The number of rotatable bonds is 8. The second kappa shape index (κ2) is 11.1. The minimum Gasteiger partial charge on any atom is -0.388 e. The van der Waals surface area contributed by atoms with E-state index in [0.717, 1.165) is 22.5 Å². The molecule has 2 aromatic carbocycles. The second-order valence-corrected chi connectivity index (χ2v) is 10.5. The normalized spacial score (nSPS) is 22.1. The van der Waals surface area contributed by atoms with Gasteiger partial charge in [-0.15, -0.1) is 0 Å². The monoisotopic (exact) mass is 545 g/mol. The van der Waals surface area contributed by atoms with Crippen molar-refractivity contribution in [3.8, 4) is 22.4 Å². The van der Waals surface area contributed by atoms with Crippen LogP contribution in [0.15, 0.2) is 60.7 Å². The molecule has 4 aromatic rings. The van der Waals surface area contributed by atoms with Crippen LogP contribution in [0, 0.1) is 11.7 Å². The van der Waals surface area contributed by atoms with Gasteiger partial charge in [-0.3, -0.25) is 4.79 Å². The Labute approximate surface area is 231 Å². The molecule has 6 rings (SSSR count). The smallest absolute Gasteiger partial charge is 0.223 e. The fourth-order valence-electron chi connectivity index (χ4n) is 5.72. The predicted octanol–water partition coefficient (Wildman–Crippen LogP) is 4.35. The minimum atomic E-state index is -0.579. The Kier molecular flexibility index (Phi) is 7.37. The van der Waals surface area contributed by atoms with E-state index < -0.39 is 11.9 Å². The molecule has 0 aliphatic carbocycles. The first-order valence-corrected chi connectivity index (χ1v) is 13.5. The third kappa shape index (κ3) is 5.13. The van der Waals surface area contributed by atoms with Crippen LogP contribution in [0.5, 0.6) is 0 Å². The number of ether oxygens (including phenoxy) is 3. The van der Waals surface area contributed by atoms with Gasteiger partial charge in [0.2, 0.25) is 5.91 Å². The molecular formula is C31H32FN3O5. The number of H-pyrrole nitrogens is 1. The van der Waals surface area contributed by atoms with E-state index in [2.05, 4.69) is 9.97 Å². The number of carbonyl (C=O) groups excluding carboxylic acids is 1. The van der Waals surface area contributed by atoms with Crippen LogP contribution in [0.1, 0.15) is 12.6 Å². The fraction of sp³-hybridized carbons (Fsp3) is 0.355. The lowest BCUT2D eigenvalue weighted by molar-refractivity contribution is -0.116. The van der Waals surface area contributed by atoms with Gasteiger partial charge in [-0.1, -0.05) is 36.4 Å². The van der Waals surface area contributed by atoms with Crippen LogP contribution < -0.4 is 4.90 Å². The molecule has 8 nitrogen and oxygen atoms in total. The number of aromatic nitrogens is 2. The van der Waals surface area contributed by atoms with Gasteiger partial charge in [-0.2, -0.15) is 0 Å². The minimum absolute atomic E-state index is 0.0425. The van der Waals surface area contributed by atoms with Crippen LogP contribution in [0.4, 0.5) is 10.1 Å². The van der Waals surface area contributed by atoms with Gasteiger partial charge in [0.1, 0.15) is 17.9 Å². The van der Waals surface area contributed by atoms with Crippen molar-refractivity contribution in [2.75, 3.05) is 38.4 Å². The number of nitrogens with zero attached hydrogens (tertiary/aromatic N) is 2. The maximum absolute atomic E-state index is 15.1. The first kappa shape index (κ1) is 26.6. The van der Waals surface area contributed by atoms with E-state index in [9.17, 15) is 9.90 Å². The highest BCUT2D eigenvalue weighted by atomic mass is 19.1. The Morgan fingerprint density at radius 2 is 1.73 bits per heavy atom. The molecule has 4 heterocycles. The summed E-state index contributed by atoms with van der Waals surface area (Å²) in [6.45, 7) is 3.30. The number of aliphatic hydroxyl groups is 1. The predicted molar refractivity (Wildman–Crippen MR) is 150 cm³/mol. The van der Waals surface area contributed by atoms with E-state index in [1.54, 1.807) is 12.0 Å². The highest BCUT2D eigenvalue weighted by Crippen LogP contribution is 2.34. The molecule has 4 atom stereocenters. The summed E-state index contributed by atoms with van der Waals surface area (Å²) in [6, 6.07) is 18.8. The Balaban J connectivity index is 1.18. The van der Waals surface area contributed by atoms with Crippen molar-refractivity contribution in [1.29, 1.82) is 0 Å². The molecule has 2 saturated heterocycles. The first-order valence-electron chi connectivity index (χ1n) is 13.5. The van der Waals surface area contributed by atoms with Crippen molar-refractivity contribution < 1.29 is 28.5 Å². The van der Waals surface area contributed by atoms with Gasteiger partial charge in [0.15, 0.2) is 5.82 Å². The standard InChI is InChI=1S/C31H32FN3O5/c1-18(36)35(11-12-38-2)24-9-7-20(8-10-24)19-3-5-21(6-4-19)29-25(32)15-27-26(34-29)14-23(33-27)13-22-16-39-31-28(37)17-40-30(22)31/h3-10,14-15,22,28,30-31,33,37H,11-13,16-17H2,1-2H3/t22?,28?,30-,31-/m1/s1. The number of benzene rings is 2. The molecule has 2 aliphatic rings. The number of methoxy groups -OCH3 is 1. The molecule has 2 N–H and O–H groups in total. The molecule has 1 amide bonds. The summed E-state index contributed by atoms with van der Waals surface area (Å²) in [6.07, 6.45) is -0.302. The van der Waals surface area contributed by atoms with Crippen molar-refractivity contribution in [3.63, 3.8) is 0 Å². The highest BCUT2D eigenvalue weighted by Gasteiger charge is 2.46. The molecule has 2 aromatic heterocycles. The molecule has 0 bridgehead atoms. The van der Waals surface area contributed by atoms with Crippen LogP contribution >= 0.6 is 0 Å². The maximum Gasteiger partial charge on any atom is 0.223 e. The molecule has 2 fully saturated rings. The van der Waals surface area contributed by atoms with Gasteiger partial charge in [0.25, 0.3) is 0 Å². The molecule has 9 heteroatoms. The largest absolute Gasteiger partial charge is 0.388 e. The molecule has 2 unspecified atom stereocenters. The number of aromatic amines is 1. The zero-order valence-corrected chi connectivity index (χ0v) is 22.5. The van der Waals surface area contributed by atoms with Crippen LogP contribution in [0.2, 0.25) is 0 Å². The Morgan fingerprint density at radius 3 is 2.42 bits per heavy atom. The summed E-state index contributed by atoms with van der Waals surface area (Å²) in [5, 5.41) is 10.00. The molecule has 0 radical (unpaired) electrons. The Bertz CT molecular complexity index is 1500. The van der Waals surface area contributed by atoms with Gasteiger partial charge in [-0.25, -0.2) is 9.37 Å². The number of fused-ring (bicyclic) bond motifs is 2. The summed E-state index contributed by atoms with van der Waals surface area (Å²) in [5.74, 6) is -0.319. The fourth-order valence-corrected chi connectivity index (χ4v) is 5.72. The summed E-state index contributed by atoms with van der Waals surface area (Å²) < 4.78 is 31.7. The molecular weight excluding hydrogens is 513 g/mol. The van der Waals surface area contributed by atoms with Crippen molar-refractivity contribution in [1.82, 2.24) is 9.97 Å². The van der Waals surface area contributed by atoms with E-state index >= 15 is 4.39 Å². The van der Waals surface area contributed by atoms with Gasteiger partial charge in [-0.05, 0) is 35.7 Å². The van der Waals surface area contributed by atoms with Gasteiger partial charge >= 0.3 is 0 Å². The number of amides is 1. The molecule has 208 valence electrons. The first-order chi connectivity index (χ1) is 19.4. The quantitative estimate of drug-likeness (QED) is 0.342. The second-order valence-electron chi connectivity index (χ2n) is 10.5. The van der Waals surface area contributed by atoms with Crippen LogP contribution in [-0.2, 0) is 25.4 Å². The van der Waals surface area contributed by atoms with Gasteiger partial charge < -0.3 is 29.2 Å². The average molecular weight is 546 g/mol. The number of hydrogen-bond acceptors (Lipinski definition) is 6. The SMILES string of the molecule is COCCN(C(C)=O)c1ccc(-c2ccc(-c3nc4cc(CC5CO[C@@H]6C(O)CO[C@H]56)[nH]c4cc3F)cc2)cc1. The number of nitrogens with one attached hydrogen (secondary N) is 1. The number of anilines is 1. The van der Waals surface area contributed by atoms with E-state index in [-0.39, 0.29) is 24.0 Å². The molecule has 0 spiro atoms. The summed E-state index contributed by atoms with van der Waals surface area (Å²) in [4.78, 5) is 21.6. The Morgan fingerprint density at radius 1 is 1.05 bits per heavy atom. The van der Waals surface area contributed by atoms with Gasteiger partial charge in [0, 0.05) is 49.5 Å². The van der Waals surface area contributed by atoms with Crippen LogP contribution in [0.25, 0.3) is 33.4 Å². The topological polar surface area (TPSA) is 96.9 Å². The van der Waals surface area contributed by atoms with E-state index in [1.807, 2.05) is 54.6 Å². The van der Waals surface area contributed by atoms with Crippen molar-refractivity contribution in [2.24, 2.45) is 5.92 Å². The third-order valence-electron chi connectivity index (χ3n) is 7.79. The van der Waals surface area contributed by atoms with Crippen molar-refractivity contribution in [3.05, 3.63) is 72.2 Å². The third-order valence-corrected chi connectivity index (χ3v) is 7.79. The molecule has 2 aliphatic heterocycles. The number of carbonyl (C=O) groups is 1. The van der Waals surface area contributed by atoms with Crippen LogP contribution in [-0.4, -0.2) is 72.8 Å². The number of hydrogen-bond donors (Lipinski definition) is 2. The molecule has 0 saturated carbocycles. The lowest BCUT2D eigenvalue weighted by Crippen LogP contribution is -2.31. The maximum atomic E-state index is 15.1. The number of pyridine rings is 1. The Hall–Kier alpha value is -3.63. The zero-order valence-electron chi connectivity index (χ0n) is 22.5. The van der Waals surface area contributed by atoms with E-state index in [1.165, 1.54) is 13.0 Å². The van der Waals surface area contributed by atoms with Crippen molar-refractivity contribution >= 4 is 22.6 Å². The van der Waals surface area contributed by atoms with E-state index in [0.29, 0.717) is 55.1 Å². The summed E-state index contributed by atoms with van der Waals surface area (Å²) in [5.41, 5.74) is 6.02. The highest BCUT2D eigenvalue weighted by molar-refractivity contribution is 5.91. The number of aliphatic hydroxyl groups excluding tert-OH is 1. The molecule has 40 heavy (non-hydrogen) atoms. The summed E-state index contributed by atoms with van der Waals surface area (Å²) in [7, 11) is 1.61. The zero-order chi connectivity index (χ0) is 27.8. The average Bonchev–Trinajstić information content (AvgIpc) is 3.65. The van der Waals surface area contributed by atoms with Crippen molar-refractivity contribution in [2.45, 2.75) is 31.7 Å². The van der Waals surface area contributed by atoms with Gasteiger partial charge in [0.05, 0.1) is 37.0 Å².